The maximum Gasteiger partial charge on any atom is 0.356 e. The van der Waals surface area contributed by atoms with Crippen molar-refractivity contribution in [1.29, 1.82) is 0 Å². The number of hydrogen-bond acceptors (Lipinski definition) is 4. The summed E-state index contributed by atoms with van der Waals surface area (Å²) < 4.78 is 1.50. The fourth-order valence-electron chi connectivity index (χ4n) is 1.99. The van der Waals surface area contributed by atoms with Crippen molar-refractivity contribution in [2.45, 2.75) is 20.8 Å². The van der Waals surface area contributed by atoms with Gasteiger partial charge in [-0.2, -0.15) is 4.98 Å². The van der Waals surface area contributed by atoms with E-state index in [0.717, 1.165) is 23.4 Å². The van der Waals surface area contributed by atoms with Gasteiger partial charge in [0.05, 0.1) is 5.69 Å². The Morgan fingerprint density at radius 3 is 2.42 bits per heavy atom. The van der Waals surface area contributed by atoms with Crippen molar-refractivity contribution in [3.8, 4) is 5.69 Å². The molecule has 0 aliphatic rings. The summed E-state index contributed by atoms with van der Waals surface area (Å²) in [7, 11) is 1.86. The molecule has 0 saturated heterocycles. The predicted molar refractivity (Wildman–Crippen MR) is 76.0 cm³/mol. The standard InChI is InChI=1S/C14H18N4O/c1-5-17(4)13-15-9-18(14(19)16-13)12-10(2)7-6-8-11(12)3/h6-9H,5H2,1-4H3. The van der Waals surface area contributed by atoms with E-state index in [1.165, 1.54) is 4.57 Å². The minimum atomic E-state index is -0.303. The highest BCUT2D eigenvalue weighted by Gasteiger charge is 2.10. The fourth-order valence-corrected chi connectivity index (χ4v) is 1.99. The maximum atomic E-state index is 12.2. The number of nitrogens with zero attached hydrogens (tertiary/aromatic N) is 4. The molecule has 100 valence electrons. The summed E-state index contributed by atoms with van der Waals surface area (Å²) in [6.07, 6.45) is 1.55. The molecule has 1 heterocycles. The van der Waals surface area contributed by atoms with Crippen molar-refractivity contribution >= 4 is 5.95 Å². The molecule has 0 unspecified atom stereocenters. The minimum absolute atomic E-state index is 0.303. The van der Waals surface area contributed by atoms with Crippen LogP contribution < -0.4 is 10.6 Å². The van der Waals surface area contributed by atoms with Gasteiger partial charge in [0.15, 0.2) is 0 Å². The number of benzene rings is 1. The molecule has 1 aromatic heterocycles. The number of hydrogen-bond donors (Lipinski definition) is 0. The Kier molecular flexibility index (Phi) is 3.64. The van der Waals surface area contributed by atoms with Crippen molar-refractivity contribution < 1.29 is 0 Å². The number of para-hydroxylation sites is 1. The van der Waals surface area contributed by atoms with Crippen molar-refractivity contribution in [3.05, 3.63) is 46.1 Å². The van der Waals surface area contributed by atoms with E-state index in [1.54, 1.807) is 6.33 Å². The molecular formula is C14H18N4O. The molecule has 0 atom stereocenters. The van der Waals surface area contributed by atoms with Crippen LogP contribution in [0.2, 0.25) is 0 Å². The van der Waals surface area contributed by atoms with E-state index in [9.17, 15) is 4.79 Å². The zero-order valence-electron chi connectivity index (χ0n) is 11.7. The Morgan fingerprint density at radius 1 is 1.26 bits per heavy atom. The molecule has 0 saturated carbocycles. The van der Waals surface area contributed by atoms with Crippen LogP contribution in [0, 0.1) is 13.8 Å². The molecule has 0 aliphatic carbocycles. The lowest BCUT2D eigenvalue weighted by atomic mass is 10.1. The van der Waals surface area contributed by atoms with Crippen molar-refractivity contribution in [3.63, 3.8) is 0 Å². The van der Waals surface area contributed by atoms with Crippen LogP contribution in [0.25, 0.3) is 5.69 Å². The normalized spacial score (nSPS) is 10.5. The molecule has 0 aliphatic heterocycles. The lowest BCUT2D eigenvalue weighted by Gasteiger charge is -2.15. The van der Waals surface area contributed by atoms with Crippen LogP contribution in [0.1, 0.15) is 18.1 Å². The first-order valence-electron chi connectivity index (χ1n) is 6.28. The number of aryl methyl sites for hydroxylation is 2. The molecule has 0 radical (unpaired) electrons. The molecule has 19 heavy (non-hydrogen) atoms. The summed E-state index contributed by atoms with van der Waals surface area (Å²) in [5.41, 5.74) is 2.62. The van der Waals surface area contributed by atoms with Crippen LogP contribution in [0.4, 0.5) is 5.95 Å². The van der Waals surface area contributed by atoms with E-state index >= 15 is 0 Å². The minimum Gasteiger partial charge on any atom is -0.344 e. The molecule has 0 N–H and O–H groups in total. The Bertz CT molecular complexity index is 628. The molecule has 0 fully saturated rings. The van der Waals surface area contributed by atoms with Gasteiger partial charge < -0.3 is 4.90 Å². The Balaban J connectivity index is 2.56. The van der Waals surface area contributed by atoms with Gasteiger partial charge in [-0.1, -0.05) is 18.2 Å². The van der Waals surface area contributed by atoms with E-state index in [0.29, 0.717) is 5.95 Å². The number of aromatic nitrogens is 3. The summed E-state index contributed by atoms with van der Waals surface area (Å²) in [5, 5.41) is 0. The molecule has 2 aromatic rings. The van der Waals surface area contributed by atoms with Crippen LogP contribution in [0.15, 0.2) is 29.3 Å². The molecule has 5 nitrogen and oxygen atoms in total. The van der Waals surface area contributed by atoms with E-state index < -0.39 is 0 Å². The summed E-state index contributed by atoms with van der Waals surface area (Å²) in [6.45, 7) is 6.69. The second-order valence-electron chi connectivity index (χ2n) is 4.56. The largest absolute Gasteiger partial charge is 0.356 e. The van der Waals surface area contributed by atoms with Gasteiger partial charge in [-0.05, 0) is 31.9 Å². The third kappa shape index (κ3) is 2.50. The molecule has 1 aromatic carbocycles. The Hall–Kier alpha value is -2.17. The molecule has 0 spiro atoms. The summed E-state index contributed by atoms with van der Waals surface area (Å²) in [4.78, 5) is 22.3. The second kappa shape index (κ2) is 5.22. The first-order valence-corrected chi connectivity index (χ1v) is 6.28. The highest BCUT2D eigenvalue weighted by molar-refractivity contribution is 5.46. The quantitative estimate of drug-likeness (QED) is 0.841. The Labute approximate surface area is 112 Å². The van der Waals surface area contributed by atoms with Gasteiger partial charge in [-0.25, -0.2) is 9.78 Å². The fraction of sp³-hybridized carbons (Fsp3) is 0.357. The topological polar surface area (TPSA) is 51.0 Å². The van der Waals surface area contributed by atoms with Gasteiger partial charge in [-0.3, -0.25) is 4.57 Å². The summed E-state index contributed by atoms with van der Waals surface area (Å²) >= 11 is 0. The smallest absolute Gasteiger partial charge is 0.344 e. The van der Waals surface area contributed by atoms with E-state index in [2.05, 4.69) is 9.97 Å². The first kappa shape index (κ1) is 13.3. The van der Waals surface area contributed by atoms with Gasteiger partial charge in [-0.15, -0.1) is 0 Å². The van der Waals surface area contributed by atoms with Crippen LogP contribution in [0.3, 0.4) is 0 Å². The van der Waals surface area contributed by atoms with Crippen LogP contribution >= 0.6 is 0 Å². The Morgan fingerprint density at radius 2 is 1.89 bits per heavy atom. The predicted octanol–water partition coefficient (Wildman–Crippen LogP) is 1.70. The molecule has 0 amide bonds. The van der Waals surface area contributed by atoms with Gasteiger partial charge in [0, 0.05) is 13.6 Å². The van der Waals surface area contributed by atoms with Gasteiger partial charge in [0.25, 0.3) is 0 Å². The summed E-state index contributed by atoms with van der Waals surface area (Å²) in [6, 6.07) is 5.92. The highest BCUT2D eigenvalue weighted by atomic mass is 16.1. The van der Waals surface area contributed by atoms with E-state index in [1.807, 2.05) is 50.9 Å². The summed E-state index contributed by atoms with van der Waals surface area (Å²) in [5.74, 6) is 0.454. The maximum absolute atomic E-state index is 12.2. The SMILES string of the molecule is CCN(C)c1ncn(-c2c(C)cccc2C)c(=O)n1. The number of anilines is 1. The molecule has 2 rings (SSSR count). The highest BCUT2D eigenvalue weighted by Crippen LogP contribution is 2.16. The first-order chi connectivity index (χ1) is 9.04. The zero-order chi connectivity index (χ0) is 14.0. The van der Waals surface area contributed by atoms with Gasteiger partial charge in [0.2, 0.25) is 5.95 Å². The van der Waals surface area contributed by atoms with E-state index in [-0.39, 0.29) is 5.69 Å². The zero-order valence-corrected chi connectivity index (χ0v) is 11.7. The second-order valence-corrected chi connectivity index (χ2v) is 4.56. The van der Waals surface area contributed by atoms with Crippen LogP contribution in [-0.2, 0) is 0 Å². The third-order valence-electron chi connectivity index (χ3n) is 3.19. The van der Waals surface area contributed by atoms with Crippen LogP contribution in [-0.4, -0.2) is 28.1 Å². The van der Waals surface area contributed by atoms with Gasteiger partial charge in [0.1, 0.15) is 6.33 Å². The molecule has 0 bridgehead atoms. The van der Waals surface area contributed by atoms with Crippen LogP contribution in [0.5, 0.6) is 0 Å². The average molecular weight is 258 g/mol. The number of rotatable bonds is 3. The molecular weight excluding hydrogens is 240 g/mol. The third-order valence-corrected chi connectivity index (χ3v) is 3.19. The lowest BCUT2D eigenvalue weighted by molar-refractivity contribution is 0.806. The molecule has 5 heteroatoms. The van der Waals surface area contributed by atoms with Crippen molar-refractivity contribution in [2.75, 3.05) is 18.5 Å². The van der Waals surface area contributed by atoms with Crippen molar-refractivity contribution in [1.82, 2.24) is 14.5 Å². The average Bonchev–Trinajstić information content (AvgIpc) is 2.39. The van der Waals surface area contributed by atoms with Crippen molar-refractivity contribution in [2.24, 2.45) is 0 Å². The van der Waals surface area contributed by atoms with Gasteiger partial charge >= 0.3 is 5.69 Å². The monoisotopic (exact) mass is 258 g/mol. The van der Waals surface area contributed by atoms with E-state index in [4.69, 9.17) is 0 Å². The lowest BCUT2D eigenvalue weighted by Crippen LogP contribution is -2.28.